The van der Waals surface area contributed by atoms with E-state index >= 15 is 0 Å². The van der Waals surface area contributed by atoms with Gasteiger partial charge in [-0.05, 0) is 42.5 Å². The number of phenolic OH excluding ortho intramolecular Hbond substituents is 18. The van der Waals surface area contributed by atoms with Gasteiger partial charge in [0.15, 0.2) is 104 Å². The lowest BCUT2D eigenvalue weighted by Gasteiger charge is -2.43. The van der Waals surface area contributed by atoms with E-state index in [0.717, 1.165) is 6.07 Å². The second-order valence-corrected chi connectivity index (χ2v) is 19.2. The number of carbonyl (C=O) groups is 5. The van der Waals surface area contributed by atoms with Crippen molar-refractivity contribution < 1.29 is 158 Å². The van der Waals surface area contributed by atoms with Gasteiger partial charge in [-0.1, -0.05) is 0 Å². The van der Waals surface area contributed by atoms with Crippen LogP contribution in [0.5, 0.6) is 115 Å². The Morgan fingerprint density at radius 2 is 0.865 bits per heavy atom. The Labute approximate surface area is 486 Å². The topological polar surface area (TPSA) is 575 Å². The number of rotatable bonds is 8. The van der Waals surface area contributed by atoms with E-state index in [1.807, 2.05) is 0 Å². The molecule has 0 spiro atoms. The number of phenols is 18. The van der Waals surface area contributed by atoms with Gasteiger partial charge in [0.1, 0.15) is 18.3 Å². The molecular weight excluding hydrogens is 1200 g/mol. The molecule has 0 bridgehead atoms. The van der Waals surface area contributed by atoms with Gasteiger partial charge in [0.2, 0.25) is 46.9 Å². The highest BCUT2D eigenvalue weighted by atomic mass is 16.7. The molecule has 5 unspecified atom stereocenters. The molecule has 0 aliphatic carbocycles. The maximum absolute atomic E-state index is 14.9. The van der Waals surface area contributed by atoms with Crippen LogP contribution in [0.2, 0.25) is 0 Å². The molecule has 2 aliphatic heterocycles. The zero-order chi connectivity index (χ0) is 64.4. The number of ether oxygens (including phenoxy) is 7. The summed E-state index contributed by atoms with van der Waals surface area (Å²) < 4.78 is 50.2. The van der Waals surface area contributed by atoms with Crippen LogP contribution < -0.4 is 16.0 Å². The first kappa shape index (κ1) is 57.8. The first-order valence-electron chi connectivity index (χ1n) is 24.6. The number of esters is 5. The van der Waals surface area contributed by atoms with Gasteiger partial charge in [0.25, 0.3) is 0 Å². The number of carbonyl (C=O) groups excluding carboxylic acids is 5. The molecule has 89 heavy (non-hydrogen) atoms. The molecule has 34 nitrogen and oxygen atoms in total. The Kier molecular flexibility index (Phi) is 13.4. The molecule has 9 aromatic rings. The van der Waals surface area contributed by atoms with Crippen molar-refractivity contribution in [2.75, 3.05) is 6.61 Å². The molecule has 0 radical (unpaired) electrons. The van der Waals surface area contributed by atoms with Crippen LogP contribution in [-0.4, -0.2) is 159 Å². The first-order chi connectivity index (χ1) is 42.0. The van der Waals surface area contributed by atoms with Crippen molar-refractivity contribution in [3.05, 3.63) is 103 Å². The lowest BCUT2D eigenvalue weighted by molar-refractivity contribution is -0.282. The van der Waals surface area contributed by atoms with Crippen LogP contribution in [0.25, 0.3) is 43.8 Å². The zero-order valence-corrected chi connectivity index (χ0v) is 43.4. The number of cyclic esters (lactones) is 1. The van der Waals surface area contributed by atoms with Crippen LogP contribution in [0.15, 0.2) is 73.0 Å². The minimum absolute atomic E-state index is 0.283. The highest BCUT2D eigenvalue weighted by molar-refractivity contribution is 6.22. The van der Waals surface area contributed by atoms with Gasteiger partial charge >= 0.3 is 41.1 Å². The fraction of sp³-hybridized carbons (Fsp3) is 0.109. The largest absolute Gasteiger partial charge is 0.504 e. The molecule has 0 amide bonds. The van der Waals surface area contributed by atoms with Crippen LogP contribution in [0, 0.1) is 0 Å². The minimum atomic E-state index is -2.88. The Hall–Kier alpha value is -13.0. The first-order valence-corrected chi connectivity index (χ1v) is 24.6. The molecule has 34 heteroatoms. The van der Waals surface area contributed by atoms with Gasteiger partial charge in [0, 0.05) is 34.0 Å². The van der Waals surface area contributed by atoms with Crippen LogP contribution in [0.3, 0.4) is 0 Å². The van der Waals surface area contributed by atoms with E-state index in [-0.39, 0.29) is 6.07 Å². The fourth-order valence-electron chi connectivity index (χ4n) is 9.69. The summed E-state index contributed by atoms with van der Waals surface area (Å²) in [6.45, 7) is -1.43. The Balaban J connectivity index is 1.09. The van der Waals surface area contributed by atoms with Crippen molar-refractivity contribution in [1.29, 1.82) is 0 Å². The minimum Gasteiger partial charge on any atom is -0.504 e. The summed E-state index contributed by atoms with van der Waals surface area (Å²) in [5, 5.41) is 190. The third-order valence-corrected chi connectivity index (χ3v) is 13.9. The Morgan fingerprint density at radius 1 is 0.427 bits per heavy atom. The van der Waals surface area contributed by atoms with E-state index in [9.17, 15) is 125 Å². The van der Waals surface area contributed by atoms with Gasteiger partial charge in [-0.3, -0.25) is 0 Å². The molecule has 2 aromatic heterocycles. The summed E-state index contributed by atoms with van der Waals surface area (Å²) in [6.07, 6.45) is -13.5. The summed E-state index contributed by atoms with van der Waals surface area (Å²) in [5.41, 5.74) is -12.2. The van der Waals surface area contributed by atoms with Crippen molar-refractivity contribution in [1.82, 2.24) is 0 Å². The van der Waals surface area contributed by atoms with Gasteiger partial charge in [-0.2, -0.15) is 0 Å². The molecule has 11 rings (SSSR count). The molecule has 1 saturated heterocycles. The van der Waals surface area contributed by atoms with Gasteiger partial charge in [-0.15, -0.1) is 0 Å². The highest BCUT2D eigenvalue weighted by Crippen LogP contribution is 2.55. The summed E-state index contributed by atoms with van der Waals surface area (Å²) in [7, 11) is 0. The van der Waals surface area contributed by atoms with Crippen molar-refractivity contribution in [2.45, 2.75) is 30.7 Å². The smallest absolute Gasteiger partial charge is 0.344 e. The van der Waals surface area contributed by atoms with Crippen molar-refractivity contribution >= 4 is 62.6 Å². The molecule has 18 N–H and O–H groups in total. The summed E-state index contributed by atoms with van der Waals surface area (Å²) in [6, 6.07) is 4.24. The predicted molar refractivity (Wildman–Crippen MR) is 280 cm³/mol. The van der Waals surface area contributed by atoms with Crippen molar-refractivity contribution in [2.24, 2.45) is 0 Å². The van der Waals surface area contributed by atoms with Crippen molar-refractivity contribution in [3.63, 3.8) is 0 Å². The summed E-state index contributed by atoms with van der Waals surface area (Å²) in [4.78, 5) is 99.2. The van der Waals surface area contributed by atoms with E-state index < -0.39 is 265 Å². The van der Waals surface area contributed by atoms with E-state index in [1.165, 1.54) is 0 Å². The average molecular weight is 1240 g/mol. The number of aromatic hydroxyl groups is 18. The SMILES string of the molecule is O=C(OC1C(OC(=O)c2cc(O)c(O)c(O)c2Oc2cc3c(=O)oc4c(O)c(O)cc5c(=O)oc(c2O)c3c45)OC2COC(=O)c3cc(O)c(O)c(O)c3-c3c(cc(O)c(O)c3O)C(=O)OC2C1OC(=O)c1cc(O)c(O)c(O)c1)c1cc(O)c(O)c(O)c1. The van der Waals surface area contributed by atoms with Crippen molar-refractivity contribution in [3.8, 4) is 126 Å². The molecule has 7 aromatic carbocycles. The van der Waals surface area contributed by atoms with Crippen LogP contribution in [0.1, 0.15) is 51.8 Å². The number of hydrogen-bond donors (Lipinski definition) is 18. The van der Waals surface area contributed by atoms with Gasteiger partial charge < -0.3 is 134 Å². The highest BCUT2D eigenvalue weighted by Gasteiger charge is 2.56. The monoisotopic (exact) mass is 1240 g/mol. The number of fused-ring (bicyclic) bond motifs is 4. The third kappa shape index (κ3) is 9.24. The number of benzene rings is 7. The third-order valence-electron chi connectivity index (χ3n) is 13.9. The zero-order valence-electron chi connectivity index (χ0n) is 43.4. The molecule has 2 aliphatic rings. The Morgan fingerprint density at radius 3 is 1.39 bits per heavy atom. The maximum Gasteiger partial charge on any atom is 0.344 e. The second kappa shape index (κ2) is 20.7. The fourth-order valence-corrected chi connectivity index (χ4v) is 9.69. The summed E-state index contributed by atoms with van der Waals surface area (Å²) >= 11 is 0. The standard InChI is InChI=1S/C55H34O34/c56-18-1-11(2-19(57)32(18)64)48(74)87-46-43-27(10-81-50(76)13-5-22(60)34(66)39(71)28(13)29-14(51(77)84-43)6-23(61)35(67)40(29)72)83-55(47(46)88-49(75)12-3-20(58)33(65)21(59)4-12)89-54(80)17-8-24(62)36(68)41(73)42(17)82-26-9-16-31-30-15(52(78)86-45(31)38(26)70)7-25(63)37(69)44(30)85-53(16)79/h1-9,27,43,46-47,55-73H,10H2. The molecule has 1 fully saturated rings. The molecule has 4 heterocycles. The predicted octanol–water partition coefficient (Wildman–Crippen LogP) is 3.38. The van der Waals surface area contributed by atoms with E-state index in [2.05, 4.69) is 0 Å². The molecule has 5 atom stereocenters. The number of hydrogen-bond acceptors (Lipinski definition) is 34. The second-order valence-electron chi connectivity index (χ2n) is 19.2. The van der Waals surface area contributed by atoms with Gasteiger partial charge in [0.05, 0.1) is 33.0 Å². The van der Waals surface area contributed by atoms with Gasteiger partial charge in [-0.25, -0.2) is 33.6 Å². The molecular formula is C55H34O34. The molecule has 0 saturated carbocycles. The Bertz CT molecular complexity index is 4700. The lowest BCUT2D eigenvalue weighted by Crippen LogP contribution is -2.63. The van der Waals surface area contributed by atoms with E-state index in [4.69, 9.17) is 42.0 Å². The maximum atomic E-state index is 14.9. The average Bonchev–Trinajstić information content (AvgIpc) is 0.913. The summed E-state index contributed by atoms with van der Waals surface area (Å²) in [5.74, 6) is -35.4. The normalized spacial score (nSPS) is 17.4. The van der Waals surface area contributed by atoms with Crippen LogP contribution in [-0.2, 0) is 28.4 Å². The van der Waals surface area contributed by atoms with E-state index in [1.54, 1.807) is 0 Å². The van der Waals surface area contributed by atoms with Crippen LogP contribution >= 0.6 is 0 Å². The quantitative estimate of drug-likeness (QED) is 0.0341. The molecule has 458 valence electrons. The van der Waals surface area contributed by atoms with Crippen LogP contribution in [0.4, 0.5) is 0 Å². The lowest BCUT2D eigenvalue weighted by atomic mass is 9.92. The van der Waals surface area contributed by atoms with E-state index in [0.29, 0.717) is 42.5 Å².